The predicted molar refractivity (Wildman–Crippen MR) is 48.7 cm³/mol. The van der Waals surface area contributed by atoms with Crippen LogP contribution in [0.5, 0.6) is 0 Å². The number of aliphatic hydroxyl groups excluding tert-OH is 2. The number of aliphatic carboxylic acids is 1. The van der Waals surface area contributed by atoms with E-state index in [2.05, 4.69) is 35.5 Å². The fraction of sp³-hybridized carbons (Fsp3) is 0.300. The lowest BCUT2D eigenvalue weighted by atomic mass is 10.2. The molecule has 4 heteroatoms. The Bertz CT molecular complexity index is 364. The van der Waals surface area contributed by atoms with Crippen molar-refractivity contribution in [3.05, 3.63) is 0 Å². The van der Waals surface area contributed by atoms with Gasteiger partial charge in [-0.3, -0.25) is 0 Å². The van der Waals surface area contributed by atoms with Gasteiger partial charge in [-0.15, -0.1) is 0 Å². The van der Waals surface area contributed by atoms with Crippen LogP contribution >= 0.6 is 0 Å². The topological polar surface area (TPSA) is 77.8 Å². The van der Waals surface area contributed by atoms with Crippen LogP contribution < -0.4 is 0 Å². The molecule has 0 saturated heterocycles. The summed E-state index contributed by atoms with van der Waals surface area (Å²) in [6.07, 6.45) is -1.65. The van der Waals surface area contributed by atoms with Gasteiger partial charge in [0.15, 0.2) is 6.10 Å². The van der Waals surface area contributed by atoms with E-state index in [-0.39, 0.29) is 13.0 Å². The summed E-state index contributed by atoms with van der Waals surface area (Å²) in [4.78, 5) is 10.1. The number of aliphatic hydroxyl groups is 2. The van der Waals surface area contributed by atoms with Crippen molar-refractivity contribution in [3.63, 3.8) is 0 Å². The molecule has 4 nitrogen and oxygen atoms in total. The van der Waals surface area contributed by atoms with Gasteiger partial charge in [-0.25, -0.2) is 4.79 Å². The molecule has 14 heavy (non-hydrogen) atoms. The highest BCUT2D eigenvalue weighted by Gasteiger charge is 2.09. The highest BCUT2D eigenvalue weighted by Crippen LogP contribution is 1.87. The van der Waals surface area contributed by atoms with E-state index in [1.165, 1.54) is 0 Å². The van der Waals surface area contributed by atoms with Gasteiger partial charge in [0.05, 0.1) is 0 Å². The largest absolute Gasteiger partial charge is 0.479 e. The normalized spacial score (nSPS) is 9.29. The first kappa shape index (κ1) is 12.1. The fourth-order valence-electron chi connectivity index (χ4n) is 0.425. The van der Waals surface area contributed by atoms with Crippen LogP contribution in [0.25, 0.3) is 0 Å². The summed E-state index contributed by atoms with van der Waals surface area (Å²) < 4.78 is 0. The molecule has 0 bridgehead atoms. The first-order chi connectivity index (χ1) is 6.68. The summed E-state index contributed by atoms with van der Waals surface area (Å²) in [5.74, 6) is 12.6. The van der Waals surface area contributed by atoms with Gasteiger partial charge in [-0.1, -0.05) is 11.8 Å². The molecule has 0 spiro atoms. The van der Waals surface area contributed by atoms with Gasteiger partial charge in [-0.2, -0.15) is 0 Å². The van der Waals surface area contributed by atoms with E-state index in [0.29, 0.717) is 0 Å². The minimum Gasteiger partial charge on any atom is -0.479 e. The minimum atomic E-state index is -1.48. The molecule has 0 saturated carbocycles. The Morgan fingerprint density at radius 1 is 1.14 bits per heavy atom. The van der Waals surface area contributed by atoms with Crippen LogP contribution in [0.15, 0.2) is 0 Å². The highest BCUT2D eigenvalue weighted by atomic mass is 16.4. The van der Waals surface area contributed by atoms with E-state index < -0.39 is 12.1 Å². The van der Waals surface area contributed by atoms with Crippen LogP contribution in [0.1, 0.15) is 6.42 Å². The monoisotopic (exact) mass is 192 g/mol. The van der Waals surface area contributed by atoms with E-state index in [4.69, 9.17) is 15.3 Å². The van der Waals surface area contributed by atoms with Crippen molar-refractivity contribution in [2.45, 2.75) is 12.5 Å². The number of rotatable bonds is 2. The molecule has 0 aliphatic carbocycles. The SMILES string of the molecule is O=C(O)C(O)CC#CC#CC#CCO. The molecular formula is C10H8O4. The number of hydrogen-bond acceptors (Lipinski definition) is 3. The number of hydrogen-bond donors (Lipinski definition) is 3. The standard InChI is InChI=1S/C10H8O4/c11-8-6-4-2-1-3-5-7-9(12)10(13)14/h9,11-12H,7-8H2,(H,13,14). The van der Waals surface area contributed by atoms with Crippen molar-refractivity contribution in [1.82, 2.24) is 0 Å². The van der Waals surface area contributed by atoms with E-state index >= 15 is 0 Å². The Morgan fingerprint density at radius 3 is 2.21 bits per heavy atom. The molecule has 0 amide bonds. The molecule has 0 fully saturated rings. The molecule has 0 heterocycles. The van der Waals surface area contributed by atoms with Gasteiger partial charge >= 0.3 is 5.97 Å². The molecule has 0 aliphatic rings. The van der Waals surface area contributed by atoms with E-state index in [0.717, 1.165) is 0 Å². The Kier molecular flexibility index (Phi) is 6.64. The van der Waals surface area contributed by atoms with Crippen LogP contribution in [0.4, 0.5) is 0 Å². The Labute approximate surface area is 81.6 Å². The zero-order chi connectivity index (χ0) is 10.8. The predicted octanol–water partition coefficient (Wildman–Crippen LogP) is -1.18. The third kappa shape index (κ3) is 6.76. The smallest absolute Gasteiger partial charge is 0.333 e. The van der Waals surface area contributed by atoms with Crippen molar-refractivity contribution >= 4 is 5.97 Å². The maximum absolute atomic E-state index is 10.1. The van der Waals surface area contributed by atoms with Gasteiger partial charge in [0, 0.05) is 6.42 Å². The summed E-state index contributed by atoms with van der Waals surface area (Å²) in [5, 5.41) is 25.2. The van der Waals surface area contributed by atoms with Crippen molar-refractivity contribution < 1.29 is 20.1 Å². The maximum atomic E-state index is 10.1. The fourth-order valence-corrected chi connectivity index (χ4v) is 0.425. The third-order valence-electron chi connectivity index (χ3n) is 1.02. The first-order valence-electron chi connectivity index (χ1n) is 3.66. The Morgan fingerprint density at radius 2 is 1.71 bits per heavy atom. The lowest BCUT2D eigenvalue weighted by Gasteiger charge is -1.95. The summed E-state index contributed by atoms with van der Waals surface area (Å²) in [7, 11) is 0. The third-order valence-corrected chi connectivity index (χ3v) is 1.02. The molecule has 0 aromatic heterocycles. The van der Waals surface area contributed by atoms with Gasteiger partial charge in [0.25, 0.3) is 0 Å². The molecule has 0 rings (SSSR count). The maximum Gasteiger partial charge on any atom is 0.333 e. The van der Waals surface area contributed by atoms with E-state index in [1.54, 1.807) is 0 Å². The summed E-state index contributed by atoms with van der Waals surface area (Å²) >= 11 is 0. The van der Waals surface area contributed by atoms with Gasteiger partial charge in [0.1, 0.15) is 6.61 Å². The van der Waals surface area contributed by atoms with Crippen LogP contribution in [0, 0.1) is 35.5 Å². The van der Waals surface area contributed by atoms with Crippen LogP contribution in [-0.4, -0.2) is 34.0 Å². The zero-order valence-electron chi connectivity index (χ0n) is 7.24. The summed E-state index contributed by atoms with van der Waals surface area (Å²) in [6, 6.07) is 0. The lowest BCUT2D eigenvalue weighted by Crippen LogP contribution is -2.18. The second kappa shape index (κ2) is 7.71. The molecular weight excluding hydrogens is 184 g/mol. The first-order valence-corrected chi connectivity index (χ1v) is 3.66. The van der Waals surface area contributed by atoms with Crippen LogP contribution in [-0.2, 0) is 4.79 Å². The molecule has 72 valence electrons. The molecule has 1 unspecified atom stereocenters. The van der Waals surface area contributed by atoms with Crippen molar-refractivity contribution in [1.29, 1.82) is 0 Å². The minimum absolute atomic E-state index is 0.169. The van der Waals surface area contributed by atoms with Gasteiger partial charge in [0.2, 0.25) is 0 Å². The second-order valence-corrected chi connectivity index (χ2v) is 2.07. The molecule has 0 radical (unpaired) electrons. The number of carboxylic acids is 1. The van der Waals surface area contributed by atoms with Crippen molar-refractivity contribution in [3.8, 4) is 35.5 Å². The van der Waals surface area contributed by atoms with Crippen molar-refractivity contribution in [2.24, 2.45) is 0 Å². The molecule has 0 aromatic carbocycles. The zero-order valence-corrected chi connectivity index (χ0v) is 7.24. The molecule has 0 aliphatic heterocycles. The van der Waals surface area contributed by atoms with Crippen molar-refractivity contribution in [2.75, 3.05) is 6.61 Å². The Hall–Kier alpha value is -1.93. The summed E-state index contributed by atoms with van der Waals surface area (Å²) in [5.41, 5.74) is 0. The van der Waals surface area contributed by atoms with Gasteiger partial charge < -0.3 is 15.3 Å². The lowest BCUT2D eigenvalue weighted by molar-refractivity contribution is -0.146. The van der Waals surface area contributed by atoms with Crippen LogP contribution in [0.2, 0.25) is 0 Å². The van der Waals surface area contributed by atoms with E-state index in [1.807, 2.05) is 0 Å². The molecule has 1 atom stereocenters. The average molecular weight is 192 g/mol. The summed E-state index contributed by atoms with van der Waals surface area (Å²) in [6.45, 7) is -0.264. The average Bonchev–Trinajstić information content (AvgIpc) is 2.16. The van der Waals surface area contributed by atoms with E-state index in [9.17, 15) is 4.79 Å². The van der Waals surface area contributed by atoms with Crippen LogP contribution in [0.3, 0.4) is 0 Å². The highest BCUT2D eigenvalue weighted by molar-refractivity contribution is 5.72. The molecule has 3 N–H and O–H groups in total. The second-order valence-electron chi connectivity index (χ2n) is 2.07. The quantitative estimate of drug-likeness (QED) is 0.481. The Balaban J connectivity index is 3.94. The van der Waals surface area contributed by atoms with Gasteiger partial charge in [-0.05, 0) is 23.7 Å². The number of carbonyl (C=O) groups is 1. The molecule has 0 aromatic rings. The number of carboxylic acid groups (broad SMARTS) is 1.